The molecule has 0 spiro atoms. The number of rotatable bonds is 1. The van der Waals surface area contributed by atoms with Crippen molar-refractivity contribution in [3.8, 4) is 0 Å². The SMILES string of the molecule is Cc1cc(C)cc(N2CC=CN2)c1. The van der Waals surface area contributed by atoms with Crippen molar-refractivity contribution < 1.29 is 0 Å². The predicted octanol–water partition coefficient (Wildman–Crippen LogP) is 2.14. The van der Waals surface area contributed by atoms with Crippen molar-refractivity contribution in [1.82, 2.24) is 5.43 Å². The monoisotopic (exact) mass is 174 g/mol. The van der Waals surface area contributed by atoms with E-state index in [1.54, 1.807) is 0 Å². The number of anilines is 1. The summed E-state index contributed by atoms with van der Waals surface area (Å²) in [6.45, 7) is 5.20. The largest absolute Gasteiger partial charge is 0.306 e. The molecule has 13 heavy (non-hydrogen) atoms. The molecule has 0 aromatic heterocycles. The van der Waals surface area contributed by atoms with Gasteiger partial charge in [-0.25, -0.2) is 0 Å². The molecule has 0 aliphatic carbocycles. The van der Waals surface area contributed by atoms with E-state index in [1.165, 1.54) is 16.8 Å². The van der Waals surface area contributed by atoms with Gasteiger partial charge in [-0.2, -0.15) is 0 Å². The van der Waals surface area contributed by atoms with Crippen LogP contribution in [-0.2, 0) is 0 Å². The van der Waals surface area contributed by atoms with Crippen LogP contribution in [-0.4, -0.2) is 6.54 Å². The third-order valence-corrected chi connectivity index (χ3v) is 2.15. The van der Waals surface area contributed by atoms with Gasteiger partial charge in [0.25, 0.3) is 0 Å². The van der Waals surface area contributed by atoms with Crippen LogP contribution in [0.1, 0.15) is 11.1 Å². The van der Waals surface area contributed by atoms with Gasteiger partial charge in [-0.15, -0.1) is 0 Å². The van der Waals surface area contributed by atoms with E-state index >= 15 is 0 Å². The molecule has 1 aliphatic heterocycles. The van der Waals surface area contributed by atoms with Gasteiger partial charge in [0.2, 0.25) is 0 Å². The first kappa shape index (κ1) is 8.17. The fourth-order valence-corrected chi connectivity index (χ4v) is 1.64. The lowest BCUT2D eigenvalue weighted by Gasteiger charge is -2.19. The molecule has 0 bridgehead atoms. The zero-order valence-corrected chi connectivity index (χ0v) is 8.04. The maximum atomic E-state index is 3.18. The topological polar surface area (TPSA) is 15.3 Å². The number of hydrogen-bond donors (Lipinski definition) is 1. The molecule has 0 amide bonds. The smallest absolute Gasteiger partial charge is 0.0592 e. The van der Waals surface area contributed by atoms with E-state index in [-0.39, 0.29) is 0 Å². The molecular formula is C11H14N2. The van der Waals surface area contributed by atoms with Crippen LogP contribution in [0.15, 0.2) is 30.5 Å². The summed E-state index contributed by atoms with van der Waals surface area (Å²) >= 11 is 0. The van der Waals surface area contributed by atoms with Crippen molar-refractivity contribution in [2.75, 3.05) is 11.6 Å². The Morgan fingerprint density at radius 2 is 1.85 bits per heavy atom. The highest BCUT2D eigenvalue weighted by molar-refractivity contribution is 5.51. The van der Waals surface area contributed by atoms with Crippen molar-refractivity contribution >= 4 is 5.69 Å². The van der Waals surface area contributed by atoms with Crippen molar-refractivity contribution in [3.05, 3.63) is 41.6 Å². The average Bonchev–Trinajstić information content (AvgIpc) is 2.53. The molecule has 0 atom stereocenters. The van der Waals surface area contributed by atoms with Gasteiger partial charge in [-0.1, -0.05) is 6.07 Å². The Kier molecular flexibility index (Phi) is 1.97. The second-order valence-electron chi connectivity index (χ2n) is 3.49. The van der Waals surface area contributed by atoms with Crippen LogP contribution < -0.4 is 10.4 Å². The molecule has 2 nitrogen and oxygen atoms in total. The Bertz CT molecular complexity index is 314. The number of nitrogens with zero attached hydrogens (tertiary/aromatic N) is 1. The highest BCUT2D eigenvalue weighted by Gasteiger charge is 2.06. The minimum absolute atomic E-state index is 0.947. The Morgan fingerprint density at radius 1 is 1.15 bits per heavy atom. The van der Waals surface area contributed by atoms with Crippen LogP contribution in [0.3, 0.4) is 0 Å². The molecule has 0 radical (unpaired) electrons. The average molecular weight is 174 g/mol. The van der Waals surface area contributed by atoms with Crippen LogP contribution in [0.5, 0.6) is 0 Å². The van der Waals surface area contributed by atoms with Gasteiger partial charge in [0.15, 0.2) is 0 Å². The molecule has 0 saturated carbocycles. The Morgan fingerprint density at radius 3 is 2.38 bits per heavy atom. The molecule has 2 rings (SSSR count). The first-order valence-electron chi connectivity index (χ1n) is 4.53. The first-order valence-corrected chi connectivity index (χ1v) is 4.53. The lowest BCUT2D eigenvalue weighted by Crippen LogP contribution is -2.29. The van der Waals surface area contributed by atoms with Gasteiger partial charge in [0.1, 0.15) is 0 Å². The van der Waals surface area contributed by atoms with Crippen LogP contribution in [0.2, 0.25) is 0 Å². The number of benzene rings is 1. The molecular weight excluding hydrogens is 160 g/mol. The van der Waals surface area contributed by atoms with Gasteiger partial charge in [-0.05, 0) is 43.2 Å². The molecule has 1 N–H and O–H groups in total. The van der Waals surface area contributed by atoms with Gasteiger partial charge >= 0.3 is 0 Å². The minimum Gasteiger partial charge on any atom is -0.306 e. The fraction of sp³-hybridized carbons (Fsp3) is 0.273. The summed E-state index contributed by atoms with van der Waals surface area (Å²) in [5.41, 5.74) is 7.04. The normalized spacial score (nSPS) is 14.8. The second kappa shape index (κ2) is 3.13. The summed E-state index contributed by atoms with van der Waals surface area (Å²) < 4.78 is 0. The molecule has 0 fully saturated rings. The molecule has 1 aromatic carbocycles. The number of hydrogen-bond acceptors (Lipinski definition) is 2. The second-order valence-corrected chi connectivity index (χ2v) is 3.49. The molecule has 2 heteroatoms. The summed E-state index contributed by atoms with van der Waals surface area (Å²) in [4.78, 5) is 0. The highest BCUT2D eigenvalue weighted by Crippen LogP contribution is 2.18. The summed E-state index contributed by atoms with van der Waals surface area (Å²) in [6, 6.07) is 6.56. The molecule has 1 aliphatic rings. The predicted molar refractivity (Wildman–Crippen MR) is 55.5 cm³/mol. The lowest BCUT2D eigenvalue weighted by molar-refractivity contribution is 0.839. The van der Waals surface area contributed by atoms with E-state index in [0.29, 0.717) is 0 Å². The zero-order chi connectivity index (χ0) is 9.26. The van der Waals surface area contributed by atoms with E-state index in [1.807, 2.05) is 6.20 Å². The number of nitrogens with one attached hydrogen (secondary N) is 1. The van der Waals surface area contributed by atoms with Crippen molar-refractivity contribution in [1.29, 1.82) is 0 Å². The van der Waals surface area contributed by atoms with Crippen LogP contribution in [0, 0.1) is 13.8 Å². The molecule has 68 valence electrons. The fourth-order valence-electron chi connectivity index (χ4n) is 1.64. The van der Waals surface area contributed by atoms with Gasteiger partial charge in [0, 0.05) is 6.20 Å². The molecule has 1 aromatic rings. The van der Waals surface area contributed by atoms with E-state index < -0.39 is 0 Å². The minimum atomic E-state index is 0.947. The summed E-state index contributed by atoms with van der Waals surface area (Å²) in [5, 5.41) is 2.12. The number of aryl methyl sites for hydroxylation is 2. The van der Waals surface area contributed by atoms with Crippen molar-refractivity contribution in [3.63, 3.8) is 0 Å². The van der Waals surface area contributed by atoms with E-state index in [4.69, 9.17) is 0 Å². The molecule has 0 unspecified atom stereocenters. The standard InChI is InChI=1S/C11H14N2/c1-9-6-10(2)8-11(7-9)13-5-3-4-12-13/h3-4,6-8,12H,5H2,1-2H3. The van der Waals surface area contributed by atoms with Gasteiger partial charge < -0.3 is 5.43 Å². The van der Waals surface area contributed by atoms with Crippen LogP contribution >= 0.6 is 0 Å². The van der Waals surface area contributed by atoms with E-state index in [9.17, 15) is 0 Å². The van der Waals surface area contributed by atoms with Crippen LogP contribution in [0.4, 0.5) is 5.69 Å². The Hall–Kier alpha value is -1.44. The van der Waals surface area contributed by atoms with E-state index in [0.717, 1.165) is 6.54 Å². The van der Waals surface area contributed by atoms with Crippen molar-refractivity contribution in [2.24, 2.45) is 0 Å². The summed E-state index contributed by atoms with van der Waals surface area (Å²) in [5.74, 6) is 0. The van der Waals surface area contributed by atoms with Gasteiger partial charge in [-0.3, -0.25) is 5.01 Å². The number of hydrazine groups is 1. The zero-order valence-electron chi connectivity index (χ0n) is 8.04. The van der Waals surface area contributed by atoms with Gasteiger partial charge in [0.05, 0.1) is 12.2 Å². The quantitative estimate of drug-likeness (QED) is 0.701. The highest BCUT2D eigenvalue weighted by atomic mass is 15.5. The summed E-state index contributed by atoms with van der Waals surface area (Å²) in [7, 11) is 0. The van der Waals surface area contributed by atoms with Crippen LogP contribution in [0.25, 0.3) is 0 Å². The Labute approximate surface area is 78.8 Å². The third-order valence-electron chi connectivity index (χ3n) is 2.15. The van der Waals surface area contributed by atoms with Crippen molar-refractivity contribution in [2.45, 2.75) is 13.8 Å². The first-order chi connectivity index (χ1) is 6.25. The Balaban J connectivity index is 2.29. The maximum absolute atomic E-state index is 3.18. The van der Waals surface area contributed by atoms with E-state index in [2.05, 4.69) is 48.6 Å². The molecule has 0 saturated heterocycles. The third kappa shape index (κ3) is 1.66. The maximum Gasteiger partial charge on any atom is 0.0592 e. The lowest BCUT2D eigenvalue weighted by atomic mass is 10.1. The molecule has 1 heterocycles. The summed E-state index contributed by atoms with van der Waals surface area (Å²) in [6.07, 6.45) is 4.08.